The fraction of sp³-hybridized carbons (Fsp3) is 0.682. The molecule has 1 aliphatic rings. The predicted molar refractivity (Wildman–Crippen MR) is 121 cm³/mol. The summed E-state index contributed by atoms with van der Waals surface area (Å²) in [5.41, 5.74) is 1.17. The van der Waals surface area contributed by atoms with Crippen molar-refractivity contribution in [3.8, 4) is 5.75 Å². The number of rotatable bonds is 13. The quantitative estimate of drug-likeness (QED) is 0.280. The first-order valence-corrected chi connectivity index (χ1v) is 10.8. The van der Waals surface area contributed by atoms with Gasteiger partial charge in [-0.1, -0.05) is 12.1 Å². The highest BCUT2D eigenvalue weighted by Gasteiger charge is 2.09. The number of nitrogens with one attached hydrogen (secondary N) is 2. The first kappa shape index (κ1) is 24.4. The summed E-state index contributed by atoms with van der Waals surface area (Å²) in [5, 5.41) is 6.73. The lowest BCUT2D eigenvalue weighted by atomic mass is 10.2. The number of hydrogen-bond acceptors (Lipinski definition) is 6. The lowest BCUT2D eigenvalue weighted by molar-refractivity contribution is 0.0322. The maximum Gasteiger partial charge on any atom is 0.191 e. The molecular weight excluding hydrogens is 382 g/mol. The van der Waals surface area contributed by atoms with Crippen LogP contribution < -0.4 is 15.4 Å². The van der Waals surface area contributed by atoms with Gasteiger partial charge in [-0.3, -0.25) is 9.89 Å². The smallest absolute Gasteiger partial charge is 0.191 e. The molecule has 1 saturated heterocycles. The summed E-state index contributed by atoms with van der Waals surface area (Å²) >= 11 is 0. The van der Waals surface area contributed by atoms with Crippen molar-refractivity contribution in [1.82, 2.24) is 20.4 Å². The van der Waals surface area contributed by atoms with E-state index in [1.54, 1.807) is 14.2 Å². The van der Waals surface area contributed by atoms with Crippen LogP contribution in [-0.4, -0.2) is 103 Å². The second-order valence-electron chi connectivity index (χ2n) is 7.45. The van der Waals surface area contributed by atoms with E-state index in [2.05, 4.69) is 44.6 Å². The summed E-state index contributed by atoms with van der Waals surface area (Å²) in [6, 6.07) is 8.23. The van der Waals surface area contributed by atoms with Crippen LogP contribution in [-0.2, 0) is 16.0 Å². The van der Waals surface area contributed by atoms with Gasteiger partial charge in [0.05, 0.1) is 13.2 Å². The Morgan fingerprint density at radius 3 is 2.80 bits per heavy atom. The summed E-state index contributed by atoms with van der Waals surface area (Å²) in [5.74, 6) is 1.71. The van der Waals surface area contributed by atoms with E-state index >= 15 is 0 Å². The van der Waals surface area contributed by atoms with Crippen LogP contribution in [0.25, 0.3) is 0 Å². The first-order valence-electron chi connectivity index (χ1n) is 10.8. The fourth-order valence-electron chi connectivity index (χ4n) is 3.22. The van der Waals surface area contributed by atoms with Gasteiger partial charge in [0.15, 0.2) is 5.96 Å². The summed E-state index contributed by atoms with van der Waals surface area (Å²) in [6.45, 7) is 9.57. The van der Waals surface area contributed by atoms with E-state index in [-0.39, 0.29) is 0 Å². The van der Waals surface area contributed by atoms with Crippen LogP contribution in [0, 0.1) is 0 Å². The molecule has 8 heteroatoms. The largest absolute Gasteiger partial charge is 0.492 e. The molecule has 2 N–H and O–H groups in total. The van der Waals surface area contributed by atoms with Gasteiger partial charge in [0, 0.05) is 66.6 Å². The fourth-order valence-corrected chi connectivity index (χ4v) is 3.22. The van der Waals surface area contributed by atoms with Crippen molar-refractivity contribution >= 4 is 5.96 Å². The molecule has 1 aliphatic heterocycles. The highest BCUT2D eigenvalue weighted by atomic mass is 16.5. The summed E-state index contributed by atoms with van der Waals surface area (Å²) in [6.07, 6.45) is 1.05. The van der Waals surface area contributed by atoms with Crippen LogP contribution in [0.2, 0.25) is 0 Å². The zero-order chi connectivity index (χ0) is 21.4. The Labute approximate surface area is 181 Å². The molecule has 0 unspecified atom stereocenters. The lowest BCUT2D eigenvalue weighted by Gasteiger charge is -2.26. The van der Waals surface area contributed by atoms with Crippen LogP contribution in [0.1, 0.15) is 12.0 Å². The molecule has 1 fully saturated rings. The molecule has 0 atom stereocenters. The summed E-state index contributed by atoms with van der Waals surface area (Å²) in [4.78, 5) is 8.97. The lowest BCUT2D eigenvalue weighted by Crippen LogP contribution is -2.40. The Morgan fingerprint density at radius 2 is 2.03 bits per heavy atom. The highest BCUT2D eigenvalue weighted by Crippen LogP contribution is 2.13. The molecule has 0 radical (unpaired) electrons. The molecule has 0 amide bonds. The van der Waals surface area contributed by atoms with Crippen molar-refractivity contribution in [2.45, 2.75) is 13.0 Å². The Balaban J connectivity index is 1.65. The van der Waals surface area contributed by atoms with Crippen molar-refractivity contribution in [3.05, 3.63) is 29.8 Å². The minimum atomic E-state index is 0.692. The van der Waals surface area contributed by atoms with Gasteiger partial charge in [0.25, 0.3) is 0 Å². The number of guanidine groups is 1. The molecule has 2 rings (SSSR count). The molecule has 30 heavy (non-hydrogen) atoms. The highest BCUT2D eigenvalue weighted by molar-refractivity contribution is 5.79. The zero-order valence-corrected chi connectivity index (χ0v) is 18.9. The summed E-state index contributed by atoms with van der Waals surface area (Å²) < 4.78 is 16.4. The van der Waals surface area contributed by atoms with Crippen molar-refractivity contribution < 1.29 is 14.2 Å². The molecule has 1 heterocycles. The number of methoxy groups -OCH3 is 1. The van der Waals surface area contributed by atoms with Crippen molar-refractivity contribution in [2.75, 3.05) is 86.9 Å². The average molecular weight is 422 g/mol. The molecular formula is C22H39N5O3. The van der Waals surface area contributed by atoms with E-state index < -0.39 is 0 Å². The molecule has 0 saturated carbocycles. The van der Waals surface area contributed by atoms with E-state index in [0.29, 0.717) is 13.2 Å². The number of morpholine rings is 1. The maximum absolute atomic E-state index is 5.94. The van der Waals surface area contributed by atoms with Crippen LogP contribution in [0.5, 0.6) is 5.75 Å². The van der Waals surface area contributed by atoms with E-state index in [4.69, 9.17) is 14.2 Å². The van der Waals surface area contributed by atoms with Crippen molar-refractivity contribution in [3.63, 3.8) is 0 Å². The Bertz CT molecular complexity index is 608. The second kappa shape index (κ2) is 15.0. The van der Waals surface area contributed by atoms with Gasteiger partial charge < -0.3 is 29.7 Å². The number of likely N-dealkylation sites (N-methyl/N-ethyl adjacent to an activating group) is 1. The van der Waals surface area contributed by atoms with Gasteiger partial charge in [0.2, 0.25) is 0 Å². The number of aliphatic imine (C=N–C) groups is 1. The van der Waals surface area contributed by atoms with Gasteiger partial charge in [-0.15, -0.1) is 0 Å². The standard InChI is InChI=1S/C22H39N5O3/c1-23-22(24-8-10-26(2)9-5-14-28-3)25-19-20-6-4-7-21(18-20)30-17-13-27-11-15-29-16-12-27/h4,6-7,18H,5,8-17,19H2,1-3H3,(H2,23,24,25). The molecule has 0 aliphatic carbocycles. The third-order valence-corrected chi connectivity index (χ3v) is 5.04. The van der Waals surface area contributed by atoms with E-state index in [0.717, 1.165) is 77.2 Å². The monoisotopic (exact) mass is 421 g/mol. The Hall–Kier alpha value is -1.87. The molecule has 1 aromatic carbocycles. The maximum atomic E-state index is 5.94. The van der Waals surface area contributed by atoms with E-state index in [9.17, 15) is 0 Å². The molecule has 0 aromatic heterocycles. The number of ether oxygens (including phenoxy) is 3. The van der Waals surface area contributed by atoms with Crippen LogP contribution in [0.15, 0.2) is 29.3 Å². The topological polar surface area (TPSA) is 70.6 Å². The average Bonchev–Trinajstić information content (AvgIpc) is 2.77. The van der Waals surface area contributed by atoms with Crippen LogP contribution in [0.3, 0.4) is 0 Å². The molecule has 1 aromatic rings. The van der Waals surface area contributed by atoms with Crippen molar-refractivity contribution in [2.24, 2.45) is 4.99 Å². The number of benzene rings is 1. The SMILES string of the molecule is CN=C(NCCN(C)CCCOC)NCc1cccc(OCCN2CCOCC2)c1. The van der Waals surface area contributed by atoms with Gasteiger partial charge in [0.1, 0.15) is 12.4 Å². The van der Waals surface area contributed by atoms with E-state index in [1.807, 2.05) is 12.1 Å². The number of hydrogen-bond donors (Lipinski definition) is 2. The first-order chi connectivity index (χ1) is 14.7. The normalized spacial score (nSPS) is 15.4. The van der Waals surface area contributed by atoms with Gasteiger partial charge in [-0.2, -0.15) is 0 Å². The zero-order valence-electron chi connectivity index (χ0n) is 18.9. The Kier molecular flexibility index (Phi) is 12.2. The van der Waals surface area contributed by atoms with E-state index in [1.165, 1.54) is 5.56 Å². The molecule has 0 bridgehead atoms. The minimum Gasteiger partial charge on any atom is -0.492 e. The molecule has 8 nitrogen and oxygen atoms in total. The molecule has 0 spiro atoms. The van der Waals surface area contributed by atoms with Crippen molar-refractivity contribution in [1.29, 1.82) is 0 Å². The predicted octanol–water partition coefficient (Wildman–Crippen LogP) is 1.03. The third-order valence-electron chi connectivity index (χ3n) is 5.04. The number of nitrogens with zero attached hydrogens (tertiary/aromatic N) is 3. The molecule has 170 valence electrons. The van der Waals surface area contributed by atoms with Crippen LogP contribution in [0.4, 0.5) is 0 Å². The van der Waals surface area contributed by atoms with Gasteiger partial charge in [-0.25, -0.2) is 0 Å². The van der Waals surface area contributed by atoms with Gasteiger partial charge >= 0.3 is 0 Å². The second-order valence-corrected chi connectivity index (χ2v) is 7.45. The summed E-state index contributed by atoms with van der Waals surface area (Å²) in [7, 11) is 5.66. The minimum absolute atomic E-state index is 0.692. The Morgan fingerprint density at radius 1 is 1.20 bits per heavy atom. The van der Waals surface area contributed by atoms with Gasteiger partial charge in [-0.05, 0) is 31.2 Å². The third kappa shape index (κ3) is 10.2. The van der Waals surface area contributed by atoms with Crippen LogP contribution >= 0.6 is 0 Å².